The van der Waals surface area contributed by atoms with Crippen molar-refractivity contribution in [3.63, 3.8) is 0 Å². The van der Waals surface area contributed by atoms with Gasteiger partial charge in [0.2, 0.25) is 0 Å². The van der Waals surface area contributed by atoms with Gasteiger partial charge in [0.15, 0.2) is 0 Å². The third kappa shape index (κ3) is 2.62. The molecule has 0 amide bonds. The standard InChI is InChI=1S/C14H24N2OS/c1-3-11(15)14(13-5-4-8-18-13)16-7-6-10(2)12(16)9-17/h4-5,8,10-12,14,17H,3,6-7,9,15H2,1-2H3. The summed E-state index contributed by atoms with van der Waals surface area (Å²) in [5.41, 5.74) is 6.33. The van der Waals surface area contributed by atoms with Gasteiger partial charge in [-0.3, -0.25) is 4.90 Å². The topological polar surface area (TPSA) is 49.5 Å². The molecule has 0 radical (unpaired) electrons. The number of hydrogen-bond donors (Lipinski definition) is 2. The normalized spacial score (nSPS) is 28.4. The second kappa shape index (κ2) is 6.15. The molecule has 0 spiro atoms. The first kappa shape index (κ1) is 14.0. The molecule has 4 unspecified atom stereocenters. The molecule has 0 aliphatic carbocycles. The highest BCUT2D eigenvalue weighted by Crippen LogP contribution is 2.36. The Morgan fingerprint density at radius 2 is 2.39 bits per heavy atom. The first-order valence-corrected chi connectivity index (χ1v) is 7.72. The number of thiophene rings is 1. The van der Waals surface area contributed by atoms with Crippen LogP contribution in [0.25, 0.3) is 0 Å². The van der Waals surface area contributed by atoms with Gasteiger partial charge in [0.05, 0.1) is 12.6 Å². The van der Waals surface area contributed by atoms with E-state index in [1.807, 2.05) is 0 Å². The lowest BCUT2D eigenvalue weighted by molar-refractivity contribution is 0.0909. The Balaban J connectivity index is 2.24. The molecule has 1 aromatic rings. The van der Waals surface area contributed by atoms with Gasteiger partial charge in [-0.1, -0.05) is 19.9 Å². The molecule has 0 bridgehead atoms. The quantitative estimate of drug-likeness (QED) is 0.861. The molecule has 4 heteroatoms. The fourth-order valence-electron chi connectivity index (χ4n) is 2.97. The van der Waals surface area contributed by atoms with E-state index in [9.17, 15) is 5.11 Å². The smallest absolute Gasteiger partial charge is 0.0596 e. The Labute approximate surface area is 114 Å². The summed E-state index contributed by atoms with van der Waals surface area (Å²) in [5, 5.41) is 11.7. The van der Waals surface area contributed by atoms with E-state index in [1.165, 1.54) is 4.88 Å². The van der Waals surface area contributed by atoms with Crippen molar-refractivity contribution in [1.82, 2.24) is 4.90 Å². The van der Waals surface area contributed by atoms with Crippen LogP contribution in [0.4, 0.5) is 0 Å². The van der Waals surface area contributed by atoms with Gasteiger partial charge in [0, 0.05) is 17.0 Å². The number of aliphatic hydroxyl groups is 1. The molecule has 1 saturated heterocycles. The van der Waals surface area contributed by atoms with Crippen molar-refractivity contribution in [3.8, 4) is 0 Å². The second-order valence-corrected chi connectivity index (χ2v) is 6.27. The molecule has 1 aliphatic heterocycles. The Morgan fingerprint density at radius 3 is 2.94 bits per heavy atom. The summed E-state index contributed by atoms with van der Waals surface area (Å²) in [6.07, 6.45) is 2.12. The van der Waals surface area contributed by atoms with Crippen LogP contribution in [0.2, 0.25) is 0 Å². The van der Waals surface area contributed by atoms with Crippen LogP contribution in [0.15, 0.2) is 17.5 Å². The maximum Gasteiger partial charge on any atom is 0.0596 e. The maximum atomic E-state index is 9.63. The molecule has 2 heterocycles. The number of likely N-dealkylation sites (tertiary alicyclic amines) is 1. The van der Waals surface area contributed by atoms with Gasteiger partial charge in [-0.05, 0) is 36.8 Å². The average Bonchev–Trinajstić information content (AvgIpc) is 3.00. The molecule has 3 nitrogen and oxygen atoms in total. The Hall–Kier alpha value is -0.420. The molecule has 0 aromatic carbocycles. The molecular weight excluding hydrogens is 244 g/mol. The zero-order valence-corrected chi connectivity index (χ0v) is 12.1. The van der Waals surface area contributed by atoms with Crippen molar-refractivity contribution in [2.45, 2.75) is 44.8 Å². The molecule has 1 aliphatic rings. The van der Waals surface area contributed by atoms with Crippen molar-refractivity contribution in [2.75, 3.05) is 13.2 Å². The van der Waals surface area contributed by atoms with Crippen molar-refractivity contribution in [3.05, 3.63) is 22.4 Å². The summed E-state index contributed by atoms with van der Waals surface area (Å²) in [5.74, 6) is 0.557. The number of nitrogens with zero attached hydrogens (tertiary/aromatic N) is 1. The minimum atomic E-state index is 0.142. The van der Waals surface area contributed by atoms with E-state index in [0.717, 1.165) is 19.4 Å². The van der Waals surface area contributed by atoms with E-state index < -0.39 is 0 Å². The Kier molecular flexibility index (Phi) is 4.78. The minimum absolute atomic E-state index is 0.142. The SMILES string of the molecule is CCC(N)C(c1cccs1)N1CCC(C)C1CO. The predicted octanol–water partition coefficient (Wildman–Crippen LogP) is 2.23. The lowest BCUT2D eigenvalue weighted by Crippen LogP contribution is -2.45. The summed E-state index contributed by atoms with van der Waals surface area (Å²) < 4.78 is 0. The molecule has 1 fully saturated rings. The molecular formula is C14H24N2OS. The van der Waals surface area contributed by atoms with Gasteiger partial charge in [-0.2, -0.15) is 0 Å². The summed E-state index contributed by atoms with van der Waals surface area (Å²) in [4.78, 5) is 3.75. The number of rotatable bonds is 5. The van der Waals surface area contributed by atoms with E-state index in [1.54, 1.807) is 11.3 Å². The van der Waals surface area contributed by atoms with Gasteiger partial charge in [0.1, 0.15) is 0 Å². The number of nitrogens with two attached hydrogens (primary N) is 1. The molecule has 1 aromatic heterocycles. The van der Waals surface area contributed by atoms with Crippen molar-refractivity contribution in [2.24, 2.45) is 11.7 Å². The average molecular weight is 268 g/mol. The Bertz CT molecular complexity index is 355. The monoisotopic (exact) mass is 268 g/mol. The van der Waals surface area contributed by atoms with Crippen molar-refractivity contribution >= 4 is 11.3 Å². The van der Waals surface area contributed by atoms with Gasteiger partial charge in [-0.15, -0.1) is 11.3 Å². The largest absolute Gasteiger partial charge is 0.395 e. The third-order valence-corrected chi connectivity index (χ3v) is 5.12. The highest BCUT2D eigenvalue weighted by Gasteiger charge is 2.38. The van der Waals surface area contributed by atoms with Crippen LogP contribution in [-0.4, -0.2) is 35.2 Å². The maximum absolute atomic E-state index is 9.63. The lowest BCUT2D eigenvalue weighted by atomic mass is 9.99. The fourth-order valence-corrected chi connectivity index (χ4v) is 3.89. The van der Waals surface area contributed by atoms with Crippen molar-refractivity contribution < 1.29 is 5.11 Å². The van der Waals surface area contributed by atoms with Crippen LogP contribution in [0.1, 0.15) is 37.6 Å². The minimum Gasteiger partial charge on any atom is -0.395 e. The lowest BCUT2D eigenvalue weighted by Gasteiger charge is -2.36. The summed E-state index contributed by atoms with van der Waals surface area (Å²) in [7, 11) is 0. The van der Waals surface area contributed by atoms with E-state index >= 15 is 0 Å². The van der Waals surface area contributed by atoms with E-state index in [4.69, 9.17) is 5.73 Å². The highest BCUT2D eigenvalue weighted by molar-refractivity contribution is 7.10. The van der Waals surface area contributed by atoms with Crippen LogP contribution < -0.4 is 5.73 Å². The summed E-state index contributed by atoms with van der Waals surface area (Å²) in [6, 6.07) is 4.92. The van der Waals surface area contributed by atoms with Crippen LogP contribution in [0, 0.1) is 5.92 Å². The fraction of sp³-hybridized carbons (Fsp3) is 0.714. The van der Waals surface area contributed by atoms with Gasteiger partial charge in [0.25, 0.3) is 0 Å². The molecule has 102 valence electrons. The zero-order chi connectivity index (χ0) is 13.1. The van der Waals surface area contributed by atoms with Crippen LogP contribution in [0.3, 0.4) is 0 Å². The van der Waals surface area contributed by atoms with Gasteiger partial charge in [-0.25, -0.2) is 0 Å². The van der Waals surface area contributed by atoms with E-state index in [2.05, 4.69) is 36.3 Å². The van der Waals surface area contributed by atoms with Gasteiger partial charge < -0.3 is 10.8 Å². The third-order valence-electron chi connectivity index (χ3n) is 4.18. The van der Waals surface area contributed by atoms with Crippen LogP contribution >= 0.6 is 11.3 Å². The number of hydrogen-bond acceptors (Lipinski definition) is 4. The zero-order valence-electron chi connectivity index (χ0n) is 11.2. The summed E-state index contributed by atoms with van der Waals surface area (Å²) >= 11 is 1.77. The van der Waals surface area contributed by atoms with Crippen molar-refractivity contribution in [1.29, 1.82) is 0 Å². The molecule has 2 rings (SSSR count). The van der Waals surface area contributed by atoms with Crippen LogP contribution in [-0.2, 0) is 0 Å². The first-order valence-electron chi connectivity index (χ1n) is 6.84. The molecule has 18 heavy (non-hydrogen) atoms. The molecule has 0 saturated carbocycles. The second-order valence-electron chi connectivity index (χ2n) is 5.29. The number of aliphatic hydroxyl groups excluding tert-OH is 1. The predicted molar refractivity (Wildman–Crippen MR) is 76.7 cm³/mol. The molecule has 3 N–H and O–H groups in total. The molecule has 4 atom stereocenters. The first-order chi connectivity index (χ1) is 8.69. The highest BCUT2D eigenvalue weighted by atomic mass is 32.1. The van der Waals surface area contributed by atoms with Gasteiger partial charge >= 0.3 is 0 Å². The van der Waals surface area contributed by atoms with Crippen LogP contribution in [0.5, 0.6) is 0 Å². The summed E-state index contributed by atoms with van der Waals surface area (Å²) in [6.45, 7) is 5.64. The van der Waals surface area contributed by atoms with E-state index in [-0.39, 0.29) is 24.7 Å². The Morgan fingerprint density at radius 1 is 1.61 bits per heavy atom. The van der Waals surface area contributed by atoms with E-state index in [0.29, 0.717) is 5.92 Å².